The van der Waals surface area contributed by atoms with Crippen molar-refractivity contribution in [3.8, 4) is 0 Å². The Morgan fingerprint density at radius 1 is 1.29 bits per heavy atom. The van der Waals surface area contributed by atoms with Gasteiger partial charge in [-0.15, -0.1) is 0 Å². The van der Waals surface area contributed by atoms with Crippen molar-refractivity contribution in [1.29, 1.82) is 0 Å². The molecule has 0 amide bonds. The summed E-state index contributed by atoms with van der Waals surface area (Å²) in [6.07, 6.45) is 4.31. The Morgan fingerprint density at radius 3 is 2.62 bits per heavy atom. The highest BCUT2D eigenvalue weighted by atomic mass is 32.2. The Kier molecular flexibility index (Phi) is 3.53. The molecule has 5 nitrogen and oxygen atoms in total. The fourth-order valence-electron chi connectivity index (χ4n) is 3.67. The van der Waals surface area contributed by atoms with Crippen LogP contribution in [0.1, 0.15) is 41.6 Å². The summed E-state index contributed by atoms with van der Waals surface area (Å²) in [7, 11) is -3.67. The van der Waals surface area contributed by atoms with E-state index in [1.807, 2.05) is 0 Å². The summed E-state index contributed by atoms with van der Waals surface area (Å²) in [5, 5.41) is 9.02. The summed E-state index contributed by atoms with van der Waals surface area (Å²) in [5.41, 5.74) is 0.560. The van der Waals surface area contributed by atoms with Crippen LogP contribution in [0.4, 0.5) is 0 Å². The zero-order chi connectivity index (χ0) is 15.2. The van der Waals surface area contributed by atoms with Crippen LogP contribution in [-0.4, -0.2) is 25.5 Å². The molecule has 2 aliphatic carbocycles. The van der Waals surface area contributed by atoms with E-state index in [9.17, 15) is 13.2 Å². The number of carbonyl (C=O) groups is 1. The van der Waals surface area contributed by atoms with Crippen molar-refractivity contribution < 1.29 is 18.3 Å². The number of rotatable bonds is 4. The predicted molar refractivity (Wildman–Crippen MR) is 77.7 cm³/mol. The Balaban J connectivity index is 1.88. The molecule has 2 saturated carbocycles. The first-order valence-electron chi connectivity index (χ1n) is 7.23. The molecule has 1 aromatic carbocycles. The van der Waals surface area contributed by atoms with Gasteiger partial charge in [0.2, 0.25) is 10.0 Å². The number of aryl methyl sites for hydroxylation is 1. The van der Waals surface area contributed by atoms with Crippen LogP contribution >= 0.6 is 0 Å². The lowest BCUT2D eigenvalue weighted by Gasteiger charge is -2.23. The monoisotopic (exact) mass is 309 g/mol. The van der Waals surface area contributed by atoms with Crippen molar-refractivity contribution in [3.05, 3.63) is 29.3 Å². The number of hydrogen-bond donors (Lipinski definition) is 2. The van der Waals surface area contributed by atoms with E-state index in [4.69, 9.17) is 5.11 Å². The topological polar surface area (TPSA) is 83.5 Å². The maximum atomic E-state index is 12.6. The van der Waals surface area contributed by atoms with Crippen LogP contribution in [0.3, 0.4) is 0 Å². The second-order valence-corrected chi connectivity index (χ2v) is 7.87. The van der Waals surface area contributed by atoms with Crippen molar-refractivity contribution in [2.75, 3.05) is 0 Å². The molecule has 2 fully saturated rings. The highest BCUT2D eigenvalue weighted by molar-refractivity contribution is 7.89. The fraction of sp³-hybridized carbons (Fsp3) is 0.533. The maximum Gasteiger partial charge on any atom is 0.335 e. The average molecular weight is 309 g/mol. The van der Waals surface area contributed by atoms with Gasteiger partial charge in [-0.2, -0.15) is 0 Å². The second kappa shape index (κ2) is 5.10. The quantitative estimate of drug-likeness (QED) is 0.892. The van der Waals surface area contributed by atoms with E-state index in [-0.39, 0.29) is 16.5 Å². The molecule has 3 rings (SSSR count). The minimum Gasteiger partial charge on any atom is -0.478 e. The standard InChI is InChI=1S/C15H19NO4S/c1-9-2-4-12(15(17)18)8-14(9)21(19,20)16-13-7-10-3-5-11(13)6-10/h2,4,8,10-11,13,16H,3,5-7H2,1H3,(H,17,18). The third-order valence-corrected chi connectivity index (χ3v) is 6.40. The van der Waals surface area contributed by atoms with Crippen molar-refractivity contribution in [2.45, 2.75) is 43.5 Å². The van der Waals surface area contributed by atoms with Gasteiger partial charge in [0.15, 0.2) is 0 Å². The van der Waals surface area contributed by atoms with E-state index in [1.165, 1.54) is 18.6 Å². The van der Waals surface area contributed by atoms with Gasteiger partial charge in [-0.3, -0.25) is 0 Å². The van der Waals surface area contributed by atoms with Gasteiger partial charge in [0.05, 0.1) is 10.5 Å². The number of aromatic carboxylic acids is 1. The molecule has 3 unspecified atom stereocenters. The Bertz CT molecular complexity index is 683. The van der Waals surface area contributed by atoms with Crippen molar-refractivity contribution in [2.24, 2.45) is 11.8 Å². The number of carboxylic acid groups (broad SMARTS) is 1. The number of nitrogens with one attached hydrogen (secondary N) is 1. The van der Waals surface area contributed by atoms with Gasteiger partial charge >= 0.3 is 5.97 Å². The molecular weight excluding hydrogens is 290 g/mol. The van der Waals surface area contributed by atoms with Crippen molar-refractivity contribution in [3.63, 3.8) is 0 Å². The zero-order valence-corrected chi connectivity index (χ0v) is 12.7. The lowest BCUT2D eigenvalue weighted by molar-refractivity contribution is 0.0696. The number of carboxylic acids is 1. The van der Waals surface area contributed by atoms with Crippen LogP contribution < -0.4 is 4.72 Å². The van der Waals surface area contributed by atoms with Gasteiger partial charge in [0, 0.05) is 6.04 Å². The van der Waals surface area contributed by atoms with E-state index in [2.05, 4.69) is 4.72 Å². The molecule has 0 spiro atoms. The first-order chi connectivity index (χ1) is 9.87. The highest BCUT2D eigenvalue weighted by Gasteiger charge is 2.41. The number of sulfonamides is 1. The van der Waals surface area contributed by atoms with Crippen LogP contribution in [0, 0.1) is 18.8 Å². The van der Waals surface area contributed by atoms with Crippen molar-refractivity contribution >= 4 is 16.0 Å². The van der Waals surface area contributed by atoms with Crippen LogP contribution in [0.2, 0.25) is 0 Å². The highest BCUT2D eigenvalue weighted by Crippen LogP contribution is 2.44. The normalized spacial score (nSPS) is 28.0. The molecule has 0 aromatic heterocycles. The molecule has 0 aliphatic heterocycles. The van der Waals surface area contributed by atoms with E-state index in [0.29, 0.717) is 17.4 Å². The Labute approximate surface area is 124 Å². The SMILES string of the molecule is Cc1ccc(C(=O)O)cc1S(=O)(=O)NC1CC2CCC1C2. The first-order valence-corrected chi connectivity index (χ1v) is 8.71. The molecule has 21 heavy (non-hydrogen) atoms. The minimum absolute atomic E-state index is 0.00151. The number of benzene rings is 1. The van der Waals surface area contributed by atoms with E-state index < -0.39 is 16.0 Å². The Hall–Kier alpha value is -1.40. The third kappa shape index (κ3) is 2.70. The molecule has 6 heteroatoms. The predicted octanol–water partition coefficient (Wildman–Crippen LogP) is 2.16. The largest absolute Gasteiger partial charge is 0.478 e. The molecule has 0 heterocycles. The summed E-state index contributed by atoms with van der Waals surface area (Å²) in [4.78, 5) is 11.1. The zero-order valence-electron chi connectivity index (χ0n) is 11.9. The molecule has 0 radical (unpaired) electrons. The molecule has 1 aromatic rings. The van der Waals surface area contributed by atoms with Gasteiger partial charge in [0.25, 0.3) is 0 Å². The average Bonchev–Trinajstić information content (AvgIpc) is 3.00. The van der Waals surface area contributed by atoms with E-state index in [1.54, 1.807) is 13.0 Å². The lowest BCUT2D eigenvalue weighted by atomic mass is 9.96. The molecule has 3 atom stereocenters. The summed E-state index contributed by atoms with van der Waals surface area (Å²) < 4.78 is 27.9. The maximum absolute atomic E-state index is 12.6. The lowest BCUT2D eigenvalue weighted by Crippen LogP contribution is -2.38. The fourth-order valence-corrected chi connectivity index (χ4v) is 5.26. The molecule has 2 aliphatic rings. The van der Waals surface area contributed by atoms with Crippen LogP contribution in [0.5, 0.6) is 0 Å². The third-order valence-electron chi connectivity index (χ3n) is 4.77. The van der Waals surface area contributed by atoms with Crippen LogP contribution in [0.25, 0.3) is 0 Å². The van der Waals surface area contributed by atoms with Gasteiger partial charge < -0.3 is 5.11 Å². The first kappa shape index (κ1) is 14.5. The van der Waals surface area contributed by atoms with Crippen molar-refractivity contribution in [1.82, 2.24) is 4.72 Å². The summed E-state index contributed by atoms with van der Waals surface area (Å²) >= 11 is 0. The van der Waals surface area contributed by atoms with Crippen LogP contribution in [-0.2, 0) is 10.0 Å². The van der Waals surface area contributed by atoms with E-state index >= 15 is 0 Å². The summed E-state index contributed by atoms with van der Waals surface area (Å²) in [6.45, 7) is 1.68. The van der Waals surface area contributed by atoms with Gasteiger partial charge in [0.1, 0.15) is 0 Å². The molecular formula is C15H19NO4S. The molecule has 114 valence electrons. The minimum atomic E-state index is -3.67. The number of hydrogen-bond acceptors (Lipinski definition) is 3. The number of fused-ring (bicyclic) bond motifs is 2. The smallest absolute Gasteiger partial charge is 0.335 e. The molecule has 2 bridgehead atoms. The van der Waals surface area contributed by atoms with Gasteiger partial charge in [-0.1, -0.05) is 12.5 Å². The Morgan fingerprint density at radius 2 is 2.05 bits per heavy atom. The molecule has 2 N–H and O–H groups in total. The second-order valence-electron chi connectivity index (χ2n) is 6.19. The van der Waals surface area contributed by atoms with Crippen LogP contribution in [0.15, 0.2) is 23.1 Å². The van der Waals surface area contributed by atoms with Gasteiger partial charge in [-0.25, -0.2) is 17.9 Å². The van der Waals surface area contributed by atoms with Gasteiger partial charge in [-0.05, 0) is 55.7 Å². The molecule has 0 saturated heterocycles. The van der Waals surface area contributed by atoms with E-state index in [0.717, 1.165) is 19.3 Å². The summed E-state index contributed by atoms with van der Waals surface area (Å²) in [6, 6.07) is 4.21. The summed E-state index contributed by atoms with van der Waals surface area (Å²) in [5.74, 6) is -0.0340.